The highest BCUT2D eigenvalue weighted by molar-refractivity contribution is 7.78. The molecule has 6 rings (SSSR count). The molecule has 0 aliphatic carbocycles. The van der Waals surface area contributed by atoms with Crippen molar-refractivity contribution in [3.8, 4) is 70.0 Å². The number of hydrogen-bond donors (Lipinski definition) is 6. The maximum absolute atomic E-state index is 13.1. The van der Waals surface area contributed by atoms with Crippen LogP contribution in [0.1, 0.15) is 77.1 Å². The van der Waals surface area contributed by atoms with Crippen LogP contribution in [0.15, 0.2) is 89.9 Å². The lowest BCUT2D eigenvalue weighted by atomic mass is 10.1. The molecule has 0 aliphatic heterocycles. The Morgan fingerprint density at radius 2 is 0.863 bits per heavy atom. The number of carbonyl (C=O) groups is 10. The van der Waals surface area contributed by atoms with Crippen molar-refractivity contribution in [2.75, 3.05) is 67.0 Å². The van der Waals surface area contributed by atoms with E-state index in [9.17, 15) is 78.6 Å². The van der Waals surface area contributed by atoms with Crippen LogP contribution in [0.5, 0.6) is 34.5 Å². The molecule has 0 atom stereocenters. The molecule has 0 amide bonds. The predicted molar refractivity (Wildman–Crippen MR) is 326 cm³/mol. The fraction of sp³-hybridized carbons (Fsp3) is 0.219. The minimum absolute atomic E-state index is 0.0730. The number of ether oxygens (including phenoxy) is 8. The summed E-state index contributed by atoms with van der Waals surface area (Å²) < 4.78 is 42.2. The number of aliphatic carboxylic acids is 6. The van der Waals surface area contributed by atoms with Gasteiger partial charge < -0.3 is 73.3 Å². The fourth-order valence-corrected chi connectivity index (χ4v) is 8.32. The number of hydrogen-bond acceptors (Lipinski definition) is 25. The normalized spacial score (nSPS) is 10.3. The van der Waals surface area contributed by atoms with E-state index in [0.29, 0.717) is 40.8 Å². The molecule has 0 radical (unpaired) electrons. The van der Waals surface area contributed by atoms with E-state index in [1.807, 2.05) is 0 Å². The molecular weight excluding hydrogens is 1270 g/mol. The van der Waals surface area contributed by atoms with Crippen molar-refractivity contribution >= 4 is 83.4 Å². The molecule has 95 heavy (non-hydrogen) atoms. The van der Waals surface area contributed by atoms with Crippen LogP contribution in [-0.4, -0.2) is 188 Å². The van der Waals surface area contributed by atoms with Crippen molar-refractivity contribution in [2.24, 2.45) is 4.99 Å². The van der Waals surface area contributed by atoms with E-state index in [2.05, 4.69) is 55.6 Å². The Balaban J connectivity index is 1.42. The van der Waals surface area contributed by atoms with Gasteiger partial charge in [-0.2, -0.15) is 4.99 Å². The SMILES string of the molecule is COC(=O)CN(Cc1cc(C#Cc2c(OCC(=O)O)cc(OCC(=O)O)cc2OCC(=O)O)cc(C=O)n1)Cc1cc(C#Cc2ccc(N=C=S)cc2)cc(CN(CC=O)Cc2cc(C#Cc3c(OCC(=O)O)cc(OCC(=O)O)cc3OCC(=O)O)cc(C(=O)OC)n2)n1. The highest BCUT2D eigenvalue weighted by Crippen LogP contribution is 2.36. The van der Waals surface area contributed by atoms with Crippen LogP contribution >= 0.6 is 12.2 Å². The average Bonchev–Trinajstić information content (AvgIpc) is 0.842. The monoisotopic (exact) mass is 1320 g/mol. The van der Waals surface area contributed by atoms with Crippen LogP contribution in [-0.2, 0) is 74.0 Å². The molecule has 0 spiro atoms. The lowest BCUT2D eigenvalue weighted by Crippen LogP contribution is -2.31. The van der Waals surface area contributed by atoms with Gasteiger partial charge in [-0.15, -0.1) is 0 Å². The predicted octanol–water partition coefficient (Wildman–Crippen LogP) is 3.56. The number of aliphatic imine (C=N–C) groups is 1. The van der Waals surface area contributed by atoms with Crippen molar-refractivity contribution < 1.29 is 116 Å². The van der Waals surface area contributed by atoms with Crippen molar-refractivity contribution in [2.45, 2.75) is 26.2 Å². The number of thiocarbonyl (C=S) groups is 1. The number of carboxylic acids is 6. The second-order valence-corrected chi connectivity index (χ2v) is 19.4. The molecule has 0 bridgehead atoms. The summed E-state index contributed by atoms with van der Waals surface area (Å²) in [5.74, 6) is 5.59. The number of nitrogens with zero attached hydrogens (tertiary/aromatic N) is 6. The quantitative estimate of drug-likeness (QED) is 0.0113. The molecule has 0 saturated carbocycles. The van der Waals surface area contributed by atoms with Gasteiger partial charge >= 0.3 is 47.8 Å². The Hall–Kier alpha value is -12.6. The third-order valence-electron chi connectivity index (χ3n) is 11.9. The molecule has 6 aromatic rings. The lowest BCUT2D eigenvalue weighted by molar-refractivity contribution is -0.142. The molecule has 0 saturated heterocycles. The summed E-state index contributed by atoms with van der Waals surface area (Å²) >= 11 is 4.73. The summed E-state index contributed by atoms with van der Waals surface area (Å²) in [6.45, 7) is -6.77. The van der Waals surface area contributed by atoms with Gasteiger partial charge in [0.05, 0.1) is 60.9 Å². The molecule has 31 heteroatoms. The van der Waals surface area contributed by atoms with E-state index >= 15 is 0 Å². The van der Waals surface area contributed by atoms with Gasteiger partial charge in [0.1, 0.15) is 63.3 Å². The lowest BCUT2D eigenvalue weighted by Gasteiger charge is -2.22. The summed E-state index contributed by atoms with van der Waals surface area (Å²) in [4.78, 5) is 141. The number of benzene rings is 3. The number of aldehydes is 2. The Kier molecular flexibility index (Phi) is 26.9. The van der Waals surface area contributed by atoms with E-state index in [-0.39, 0.29) is 112 Å². The zero-order chi connectivity index (χ0) is 69.0. The third kappa shape index (κ3) is 23.9. The summed E-state index contributed by atoms with van der Waals surface area (Å²) in [6, 6.07) is 19.9. The molecule has 3 aromatic heterocycles. The Bertz CT molecular complexity index is 4120. The van der Waals surface area contributed by atoms with Gasteiger partial charge in [0.2, 0.25) is 0 Å². The summed E-state index contributed by atoms with van der Waals surface area (Å²) in [7, 11) is 2.26. The first-order valence-electron chi connectivity index (χ1n) is 27.2. The third-order valence-corrected chi connectivity index (χ3v) is 12.0. The first-order valence-corrected chi connectivity index (χ1v) is 27.6. The van der Waals surface area contributed by atoms with Gasteiger partial charge in [0.15, 0.2) is 45.9 Å². The van der Waals surface area contributed by atoms with Crippen LogP contribution in [0.3, 0.4) is 0 Å². The molecule has 3 aromatic carbocycles. The van der Waals surface area contributed by atoms with Crippen molar-refractivity contribution in [1.82, 2.24) is 24.8 Å². The van der Waals surface area contributed by atoms with Crippen LogP contribution in [0, 0.1) is 35.5 Å². The largest absolute Gasteiger partial charge is 0.482 e. The van der Waals surface area contributed by atoms with Crippen molar-refractivity contribution in [3.05, 3.63) is 152 Å². The zero-order valence-electron chi connectivity index (χ0n) is 49.8. The number of carboxylic acid groups (broad SMARTS) is 6. The molecule has 0 fully saturated rings. The minimum Gasteiger partial charge on any atom is -0.482 e. The van der Waals surface area contributed by atoms with E-state index in [1.54, 1.807) is 46.2 Å². The topological polar surface area (TPSA) is 423 Å². The molecule has 0 unspecified atom stereocenters. The molecule has 488 valence electrons. The van der Waals surface area contributed by atoms with Gasteiger partial charge in [-0.25, -0.2) is 43.5 Å². The smallest absolute Gasteiger partial charge is 0.356 e. The van der Waals surface area contributed by atoms with Crippen LogP contribution in [0.4, 0.5) is 5.69 Å². The first-order chi connectivity index (χ1) is 45.5. The zero-order valence-corrected chi connectivity index (χ0v) is 50.7. The van der Waals surface area contributed by atoms with E-state index in [0.717, 1.165) is 38.5 Å². The molecule has 30 nitrogen and oxygen atoms in total. The number of pyridine rings is 3. The second kappa shape index (κ2) is 35.7. The highest BCUT2D eigenvalue weighted by atomic mass is 32.1. The van der Waals surface area contributed by atoms with Gasteiger partial charge in [0, 0.05) is 72.7 Å². The average molecular weight is 1320 g/mol. The summed E-state index contributed by atoms with van der Waals surface area (Å²) in [5.41, 5.74) is 1.74. The first kappa shape index (κ1) is 71.5. The Morgan fingerprint density at radius 1 is 0.474 bits per heavy atom. The number of esters is 2. The van der Waals surface area contributed by atoms with E-state index in [1.165, 1.54) is 24.3 Å². The molecule has 3 heterocycles. The Morgan fingerprint density at radius 3 is 1.27 bits per heavy atom. The number of aromatic nitrogens is 3. The summed E-state index contributed by atoms with van der Waals surface area (Å²) in [6.07, 6.45) is 1.02. The van der Waals surface area contributed by atoms with Crippen LogP contribution in [0.2, 0.25) is 0 Å². The van der Waals surface area contributed by atoms with E-state index in [4.69, 9.17) is 55.1 Å². The van der Waals surface area contributed by atoms with Gasteiger partial charge in [-0.1, -0.05) is 35.5 Å². The van der Waals surface area contributed by atoms with E-state index < -0.39 is 93.9 Å². The maximum Gasteiger partial charge on any atom is 0.356 e. The standard InChI is InChI=1S/C64H52N6O24S/c1-87-63(85)29-70(28-45-17-40(19-47(30-72)67-45)7-11-50-53(91-33-59(77)78)21-48(89-31-57(73)74)22-54(50)92-34-60(79)80)27-44-16-39(4-3-38-5-9-42(10-6-38)65-37-95)15-43(66-44)25-69(13-14-71)26-46-18-41(20-52(68-46)64(86)88-2)8-12-51-55(93-35-61(81)82)23-49(90-32-58(75)76)24-56(51)94-36-62(83)84/h5-6,9-10,14-24,30H,13,25-29,31-36H2,1-2H3,(H,73,74)(H,75,76)(H,77,78)(H,79,80)(H,81,82)(H,83,84). The maximum atomic E-state index is 13.1. The fourth-order valence-electron chi connectivity index (χ4n) is 8.21. The van der Waals surface area contributed by atoms with Crippen molar-refractivity contribution in [1.29, 1.82) is 0 Å². The molecule has 0 aliphatic rings. The van der Waals surface area contributed by atoms with Crippen molar-refractivity contribution in [3.63, 3.8) is 0 Å². The minimum atomic E-state index is -1.43. The van der Waals surface area contributed by atoms with Crippen LogP contribution in [0.25, 0.3) is 0 Å². The van der Waals surface area contributed by atoms with Gasteiger partial charge in [-0.05, 0) is 72.9 Å². The molecule has 6 N–H and O–H groups in total. The second-order valence-electron chi connectivity index (χ2n) is 19.2. The molecular formula is C64H52N6O24S. The number of carbonyl (C=O) groups excluding carboxylic acids is 4. The van der Waals surface area contributed by atoms with Crippen LogP contribution < -0.4 is 28.4 Å². The summed E-state index contributed by atoms with van der Waals surface area (Å²) in [5, 5.41) is 58.4. The van der Waals surface area contributed by atoms with Gasteiger partial charge in [0.25, 0.3) is 0 Å². The number of isothiocyanates is 1. The Labute approximate surface area is 543 Å². The van der Waals surface area contributed by atoms with Gasteiger partial charge in [-0.3, -0.25) is 24.4 Å². The highest BCUT2D eigenvalue weighted by Gasteiger charge is 2.22. The number of rotatable bonds is 33. The number of methoxy groups -OCH3 is 2.